The van der Waals surface area contributed by atoms with E-state index in [1.807, 2.05) is 28.8 Å². The summed E-state index contributed by atoms with van der Waals surface area (Å²) >= 11 is 6.52. The number of benzene rings is 2. The van der Waals surface area contributed by atoms with Crippen LogP contribution in [0.4, 0.5) is 8.78 Å². The third-order valence-corrected chi connectivity index (χ3v) is 6.69. The van der Waals surface area contributed by atoms with Crippen LogP contribution in [0.3, 0.4) is 0 Å². The van der Waals surface area contributed by atoms with Crippen molar-refractivity contribution in [1.29, 1.82) is 0 Å². The number of para-hydroxylation sites is 2. The van der Waals surface area contributed by atoms with Crippen molar-refractivity contribution >= 4 is 32.7 Å². The number of aromatic nitrogens is 3. The first-order valence-corrected chi connectivity index (χ1v) is 13.4. The van der Waals surface area contributed by atoms with Gasteiger partial charge in [0.15, 0.2) is 0 Å². The first-order valence-electron chi connectivity index (χ1n) is 10.0. The molecule has 0 unspecified atom stereocenters. The van der Waals surface area contributed by atoms with Crippen molar-refractivity contribution < 1.29 is 13.5 Å². The van der Waals surface area contributed by atoms with Crippen LogP contribution >= 0.6 is 21.6 Å². The monoisotopic (exact) mass is 475 g/mol. The molecule has 0 aliphatic carbocycles. The highest BCUT2D eigenvalue weighted by molar-refractivity contribution is 8.32. The lowest BCUT2D eigenvalue weighted by molar-refractivity contribution is 0.0934. The minimum Gasteiger partial charge on any atom is -0.360 e. The van der Waals surface area contributed by atoms with Gasteiger partial charge >= 0.3 is 0 Å². The van der Waals surface area contributed by atoms with Gasteiger partial charge in [-0.2, -0.15) is 0 Å². The summed E-state index contributed by atoms with van der Waals surface area (Å²) in [6.45, 7) is 0.890. The Balaban J connectivity index is 1.83. The number of pyridine rings is 1. The van der Waals surface area contributed by atoms with E-state index >= 15 is 0 Å². The van der Waals surface area contributed by atoms with Crippen LogP contribution < -0.4 is 0 Å². The summed E-state index contributed by atoms with van der Waals surface area (Å²) in [6, 6.07) is 12.8. The van der Waals surface area contributed by atoms with Crippen molar-refractivity contribution in [3.05, 3.63) is 71.5 Å². The van der Waals surface area contributed by atoms with E-state index < -0.39 is 21.7 Å². The molecule has 0 atom stereocenters. The van der Waals surface area contributed by atoms with Gasteiger partial charge in [-0.1, -0.05) is 23.7 Å². The number of halogens is 3. The highest BCUT2D eigenvalue weighted by Gasteiger charge is 2.21. The summed E-state index contributed by atoms with van der Waals surface area (Å²) in [5, 5.41) is 0.197. The maximum Gasteiger partial charge on any atom is 0.146 e. The number of nitrogens with zero attached hydrogens (tertiary/aromatic N) is 3. The zero-order chi connectivity index (χ0) is 22.9. The van der Waals surface area contributed by atoms with Gasteiger partial charge in [0, 0.05) is 18.0 Å². The van der Waals surface area contributed by atoms with Crippen molar-refractivity contribution in [3.63, 3.8) is 0 Å². The standard InChI is InChI=1S/C24H24ClF2N3OS/c1-32(2,3)11-10-31-15-30-21-7-5-4-6-20(21)29-24(30)22-19(8-9-28-23(22)25)16-12-17(26)14-18(27)13-16/h4-9,12-14H,10-11,15H2,1-3H3. The number of rotatable bonds is 7. The molecule has 4 rings (SSSR count). The molecule has 0 amide bonds. The molecule has 2 heterocycles. The van der Waals surface area contributed by atoms with E-state index in [1.54, 1.807) is 6.07 Å². The number of hydrogen-bond acceptors (Lipinski definition) is 3. The molecule has 0 N–H and O–H groups in total. The lowest BCUT2D eigenvalue weighted by Crippen LogP contribution is -2.11. The van der Waals surface area contributed by atoms with Gasteiger partial charge in [0.2, 0.25) is 0 Å². The molecule has 0 bridgehead atoms. The summed E-state index contributed by atoms with van der Waals surface area (Å²) in [4.78, 5) is 8.99. The number of hydrogen-bond donors (Lipinski definition) is 0. The summed E-state index contributed by atoms with van der Waals surface area (Å²) in [6.07, 6.45) is 8.25. The van der Waals surface area contributed by atoms with Gasteiger partial charge in [-0.25, -0.2) is 28.8 Å². The Morgan fingerprint density at radius 3 is 2.47 bits per heavy atom. The molecule has 4 aromatic rings. The highest BCUT2D eigenvalue weighted by atomic mass is 35.5. The maximum absolute atomic E-state index is 14.0. The highest BCUT2D eigenvalue weighted by Crippen LogP contribution is 2.38. The van der Waals surface area contributed by atoms with E-state index in [0.29, 0.717) is 29.1 Å². The third-order valence-electron chi connectivity index (χ3n) is 5.02. The Kier molecular flexibility index (Phi) is 6.51. The summed E-state index contributed by atoms with van der Waals surface area (Å²) in [7, 11) is -0.680. The molecule has 4 nitrogen and oxygen atoms in total. The molecular weight excluding hydrogens is 452 g/mol. The molecule has 0 aliphatic rings. The molecule has 0 fully saturated rings. The minimum absolute atomic E-state index is 0.197. The van der Waals surface area contributed by atoms with Crippen LogP contribution in [0.2, 0.25) is 5.15 Å². The molecule has 32 heavy (non-hydrogen) atoms. The molecule has 0 saturated carbocycles. The first-order chi connectivity index (χ1) is 15.2. The lowest BCUT2D eigenvalue weighted by atomic mass is 10.0. The first kappa shape index (κ1) is 22.7. The van der Waals surface area contributed by atoms with Gasteiger partial charge in [0.1, 0.15) is 29.3 Å². The molecule has 0 saturated heterocycles. The summed E-state index contributed by atoms with van der Waals surface area (Å²) < 4.78 is 35.9. The van der Waals surface area contributed by atoms with Crippen molar-refractivity contribution in [3.8, 4) is 22.5 Å². The van der Waals surface area contributed by atoms with E-state index in [4.69, 9.17) is 21.3 Å². The Labute approximate surface area is 192 Å². The fraction of sp³-hybridized carbons (Fsp3) is 0.250. The quantitative estimate of drug-likeness (QED) is 0.230. The lowest BCUT2D eigenvalue weighted by Gasteiger charge is -2.24. The molecule has 2 aromatic heterocycles. The normalized spacial score (nSPS) is 12.4. The third kappa shape index (κ3) is 4.95. The van der Waals surface area contributed by atoms with Gasteiger partial charge in [0.25, 0.3) is 0 Å². The van der Waals surface area contributed by atoms with E-state index in [9.17, 15) is 8.78 Å². The van der Waals surface area contributed by atoms with Gasteiger partial charge in [-0.05, 0) is 60.2 Å². The molecule has 0 aliphatic heterocycles. The topological polar surface area (TPSA) is 39.9 Å². The summed E-state index contributed by atoms with van der Waals surface area (Å²) in [5.41, 5.74) is 3.04. The second-order valence-corrected chi connectivity index (χ2v) is 13.3. The van der Waals surface area contributed by atoms with Crippen LogP contribution in [0.5, 0.6) is 0 Å². The van der Waals surface area contributed by atoms with Crippen LogP contribution in [0.1, 0.15) is 0 Å². The maximum atomic E-state index is 14.0. The largest absolute Gasteiger partial charge is 0.360 e. The van der Waals surface area contributed by atoms with E-state index in [1.165, 1.54) is 18.3 Å². The van der Waals surface area contributed by atoms with Crippen molar-refractivity contribution in [1.82, 2.24) is 14.5 Å². The van der Waals surface area contributed by atoms with Gasteiger partial charge < -0.3 is 4.74 Å². The van der Waals surface area contributed by atoms with E-state index in [0.717, 1.165) is 22.9 Å². The van der Waals surface area contributed by atoms with Crippen LogP contribution in [-0.4, -0.2) is 45.7 Å². The zero-order valence-corrected chi connectivity index (χ0v) is 19.7. The Bertz CT molecular complexity index is 1250. The number of ether oxygens (including phenoxy) is 1. The average Bonchev–Trinajstić information content (AvgIpc) is 3.07. The van der Waals surface area contributed by atoms with Crippen molar-refractivity contribution in [2.45, 2.75) is 6.73 Å². The van der Waals surface area contributed by atoms with Crippen LogP contribution in [0.25, 0.3) is 33.5 Å². The summed E-state index contributed by atoms with van der Waals surface area (Å²) in [5.74, 6) is 0.184. The van der Waals surface area contributed by atoms with Gasteiger partial charge in [0.05, 0.1) is 23.2 Å². The van der Waals surface area contributed by atoms with Crippen LogP contribution in [-0.2, 0) is 11.5 Å². The minimum atomic E-state index is -0.680. The van der Waals surface area contributed by atoms with Crippen molar-refractivity contribution in [2.75, 3.05) is 31.1 Å². The molecular formula is C24H24ClF2N3OS. The van der Waals surface area contributed by atoms with Crippen LogP contribution in [0.15, 0.2) is 54.7 Å². The Morgan fingerprint density at radius 1 is 1.03 bits per heavy atom. The molecule has 168 valence electrons. The second kappa shape index (κ2) is 9.17. The molecule has 8 heteroatoms. The SMILES string of the molecule is CS(C)(C)CCOCn1c(-c2c(-c3cc(F)cc(F)c3)ccnc2Cl)nc2ccccc21. The number of fused-ring (bicyclic) bond motifs is 1. The van der Waals surface area contributed by atoms with E-state index in [-0.39, 0.29) is 11.9 Å². The molecule has 0 radical (unpaired) electrons. The number of imidazole rings is 1. The van der Waals surface area contributed by atoms with Crippen molar-refractivity contribution in [2.24, 2.45) is 0 Å². The second-order valence-electron chi connectivity index (χ2n) is 8.37. The van der Waals surface area contributed by atoms with E-state index in [2.05, 4.69) is 23.8 Å². The predicted molar refractivity (Wildman–Crippen MR) is 130 cm³/mol. The van der Waals surface area contributed by atoms with Crippen LogP contribution in [0, 0.1) is 11.6 Å². The smallest absolute Gasteiger partial charge is 0.146 e. The fourth-order valence-electron chi connectivity index (χ4n) is 3.46. The van der Waals surface area contributed by atoms with Gasteiger partial charge in [-0.3, -0.25) is 4.57 Å². The Morgan fingerprint density at radius 2 is 1.75 bits per heavy atom. The molecule has 0 spiro atoms. The Hall–Kier alpha value is -2.48. The zero-order valence-electron chi connectivity index (χ0n) is 18.1. The molecule has 2 aromatic carbocycles. The predicted octanol–water partition coefficient (Wildman–Crippen LogP) is 6.37. The average molecular weight is 476 g/mol. The van der Waals surface area contributed by atoms with Gasteiger partial charge in [-0.15, -0.1) is 0 Å². The fourth-order valence-corrected chi connectivity index (χ4v) is 4.32.